The zero-order valence-corrected chi connectivity index (χ0v) is 11.3. The molecule has 5 nitrogen and oxygen atoms in total. The number of pyridine rings is 1. The molecule has 1 fully saturated rings. The van der Waals surface area contributed by atoms with Gasteiger partial charge in [-0.1, -0.05) is 0 Å². The van der Waals surface area contributed by atoms with Crippen LogP contribution in [0.4, 0.5) is 5.82 Å². The van der Waals surface area contributed by atoms with Gasteiger partial charge >= 0.3 is 5.97 Å². The van der Waals surface area contributed by atoms with E-state index >= 15 is 0 Å². The highest BCUT2D eigenvalue weighted by Gasteiger charge is 2.19. The van der Waals surface area contributed by atoms with Crippen LogP contribution in [0.3, 0.4) is 0 Å². The molecule has 0 unspecified atom stereocenters. The number of halogens is 1. The van der Waals surface area contributed by atoms with Gasteiger partial charge in [0, 0.05) is 31.9 Å². The monoisotopic (exact) mass is 271 g/mol. The maximum Gasteiger partial charge on any atom is 0.337 e. The van der Waals surface area contributed by atoms with E-state index in [2.05, 4.69) is 22.1 Å². The number of hydrogen-bond donors (Lipinski definition) is 2. The molecular formula is C12H18ClN3O2. The van der Waals surface area contributed by atoms with Crippen LogP contribution in [-0.4, -0.2) is 41.7 Å². The van der Waals surface area contributed by atoms with Crippen molar-refractivity contribution in [3.05, 3.63) is 23.4 Å². The summed E-state index contributed by atoms with van der Waals surface area (Å²) < 4.78 is 0. The Bertz CT molecular complexity index is 439. The Balaban J connectivity index is 0.00000162. The van der Waals surface area contributed by atoms with Crippen LogP contribution in [0.1, 0.15) is 22.8 Å². The molecule has 2 N–H and O–H groups in total. The number of hydrogen-bond acceptors (Lipinski definition) is 4. The van der Waals surface area contributed by atoms with E-state index in [0.717, 1.165) is 31.0 Å². The third kappa shape index (κ3) is 3.11. The molecule has 0 bridgehead atoms. The van der Waals surface area contributed by atoms with E-state index in [9.17, 15) is 4.79 Å². The molecule has 1 aromatic heterocycles. The lowest BCUT2D eigenvalue weighted by Gasteiger charge is -2.33. The summed E-state index contributed by atoms with van der Waals surface area (Å²) in [4.78, 5) is 17.3. The zero-order valence-electron chi connectivity index (χ0n) is 10.5. The largest absolute Gasteiger partial charge is 0.478 e. The molecule has 0 aliphatic carbocycles. The molecule has 0 radical (unpaired) electrons. The van der Waals surface area contributed by atoms with Gasteiger partial charge in [-0.05, 0) is 25.5 Å². The molecule has 0 saturated carbocycles. The molecule has 0 amide bonds. The Morgan fingerprint density at radius 3 is 2.89 bits per heavy atom. The van der Waals surface area contributed by atoms with Crippen LogP contribution in [0.25, 0.3) is 0 Å². The second-order valence-electron chi connectivity index (χ2n) is 4.47. The van der Waals surface area contributed by atoms with Crippen LogP contribution in [-0.2, 0) is 0 Å². The van der Waals surface area contributed by atoms with E-state index in [1.807, 2.05) is 6.92 Å². The lowest BCUT2D eigenvalue weighted by atomic mass is 10.1. The Labute approximate surface area is 113 Å². The Kier molecular flexibility index (Phi) is 4.93. The first-order valence-electron chi connectivity index (χ1n) is 5.76. The minimum atomic E-state index is -0.930. The summed E-state index contributed by atoms with van der Waals surface area (Å²) in [5.41, 5.74) is 1.16. The summed E-state index contributed by atoms with van der Waals surface area (Å²) in [5.74, 6) is -0.0378. The molecule has 0 spiro atoms. The Hall–Kier alpha value is -1.33. The molecule has 1 saturated heterocycles. The van der Waals surface area contributed by atoms with Crippen molar-refractivity contribution in [3.63, 3.8) is 0 Å². The van der Waals surface area contributed by atoms with E-state index in [0.29, 0.717) is 6.04 Å². The van der Waals surface area contributed by atoms with Crippen molar-refractivity contribution in [1.29, 1.82) is 0 Å². The minimum Gasteiger partial charge on any atom is -0.478 e. The minimum absolute atomic E-state index is 0. The number of carboxylic acids is 1. The molecule has 1 aliphatic rings. The lowest BCUT2D eigenvalue weighted by molar-refractivity contribution is 0.0696. The van der Waals surface area contributed by atoms with Gasteiger partial charge in [0.2, 0.25) is 0 Å². The van der Waals surface area contributed by atoms with Crippen LogP contribution in [0, 0.1) is 6.92 Å². The number of aryl methyl sites for hydroxylation is 1. The van der Waals surface area contributed by atoms with E-state index in [1.54, 1.807) is 6.07 Å². The second-order valence-corrected chi connectivity index (χ2v) is 4.47. The quantitative estimate of drug-likeness (QED) is 0.849. The summed E-state index contributed by atoms with van der Waals surface area (Å²) in [6.07, 6.45) is 1.43. The van der Waals surface area contributed by atoms with Gasteiger partial charge in [0.25, 0.3) is 0 Å². The van der Waals surface area contributed by atoms with Gasteiger partial charge in [-0.2, -0.15) is 0 Å². The number of carboxylic acid groups (broad SMARTS) is 1. The number of anilines is 1. The molecule has 1 atom stereocenters. The maximum atomic E-state index is 10.8. The van der Waals surface area contributed by atoms with Crippen LogP contribution in [0.15, 0.2) is 12.3 Å². The van der Waals surface area contributed by atoms with Gasteiger partial charge in [0.1, 0.15) is 5.82 Å². The van der Waals surface area contributed by atoms with Crippen molar-refractivity contribution in [2.75, 3.05) is 24.5 Å². The van der Waals surface area contributed by atoms with Crippen LogP contribution < -0.4 is 10.2 Å². The summed E-state index contributed by atoms with van der Waals surface area (Å²) in [5, 5.41) is 12.3. The van der Waals surface area contributed by atoms with Crippen LogP contribution in [0.5, 0.6) is 0 Å². The van der Waals surface area contributed by atoms with Gasteiger partial charge in [0.15, 0.2) is 0 Å². The normalized spacial score (nSPS) is 19.2. The molecule has 100 valence electrons. The van der Waals surface area contributed by atoms with E-state index in [4.69, 9.17) is 5.11 Å². The number of nitrogens with one attached hydrogen (secondary N) is 1. The van der Waals surface area contributed by atoms with Gasteiger partial charge < -0.3 is 15.3 Å². The zero-order chi connectivity index (χ0) is 12.4. The SMILES string of the molecule is Cc1cc(C(=O)O)cnc1N1CCN[C@H](C)C1.Cl. The molecule has 18 heavy (non-hydrogen) atoms. The summed E-state index contributed by atoms with van der Waals surface area (Å²) in [7, 11) is 0. The fourth-order valence-electron chi connectivity index (χ4n) is 2.14. The summed E-state index contributed by atoms with van der Waals surface area (Å²) in [6.45, 7) is 6.78. The first-order valence-corrected chi connectivity index (χ1v) is 5.76. The van der Waals surface area contributed by atoms with Gasteiger partial charge in [-0.25, -0.2) is 9.78 Å². The smallest absolute Gasteiger partial charge is 0.337 e. The second kappa shape index (κ2) is 6.02. The summed E-state index contributed by atoms with van der Waals surface area (Å²) in [6, 6.07) is 2.11. The average molecular weight is 272 g/mol. The van der Waals surface area contributed by atoms with Crippen LogP contribution in [0.2, 0.25) is 0 Å². The fourth-order valence-corrected chi connectivity index (χ4v) is 2.14. The van der Waals surface area contributed by atoms with Crippen molar-refractivity contribution in [1.82, 2.24) is 10.3 Å². The number of rotatable bonds is 2. The number of nitrogens with zero attached hydrogens (tertiary/aromatic N) is 2. The Morgan fingerprint density at radius 2 is 2.33 bits per heavy atom. The molecule has 2 heterocycles. The fraction of sp³-hybridized carbons (Fsp3) is 0.500. The number of aromatic nitrogens is 1. The predicted octanol–water partition coefficient (Wildman–Crippen LogP) is 1.31. The molecular weight excluding hydrogens is 254 g/mol. The molecule has 1 aromatic rings. The molecule has 6 heteroatoms. The highest BCUT2D eigenvalue weighted by molar-refractivity contribution is 5.87. The van der Waals surface area contributed by atoms with Gasteiger partial charge in [0.05, 0.1) is 5.56 Å². The average Bonchev–Trinajstić information content (AvgIpc) is 2.28. The highest BCUT2D eigenvalue weighted by atomic mass is 35.5. The van der Waals surface area contributed by atoms with Crippen molar-refractivity contribution in [2.24, 2.45) is 0 Å². The van der Waals surface area contributed by atoms with Crippen molar-refractivity contribution in [3.8, 4) is 0 Å². The topological polar surface area (TPSA) is 65.5 Å². The number of aromatic carboxylic acids is 1. The van der Waals surface area contributed by atoms with E-state index in [-0.39, 0.29) is 18.0 Å². The highest BCUT2D eigenvalue weighted by Crippen LogP contribution is 2.19. The van der Waals surface area contributed by atoms with E-state index in [1.165, 1.54) is 6.20 Å². The first kappa shape index (κ1) is 14.7. The van der Waals surface area contributed by atoms with Crippen molar-refractivity contribution >= 4 is 24.2 Å². The number of carbonyl (C=O) groups is 1. The number of piperazine rings is 1. The summed E-state index contributed by atoms with van der Waals surface area (Å²) >= 11 is 0. The van der Waals surface area contributed by atoms with Crippen molar-refractivity contribution < 1.29 is 9.90 Å². The lowest BCUT2D eigenvalue weighted by Crippen LogP contribution is -2.49. The van der Waals surface area contributed by atoms with Gasteiger partial charge in [-0.15, -0.1) is 12.4 Å². The third-order valence-corrected chi connectivity index (χ3v) is 2.97. The maximum absolute atomic E-state index is 10.8. The predicted molar refractivity (Wildman–Crippen MR) is 72.9 cm³/mol. The Morgan fingerprint density at radius 1 is 1.61 bits per heavy atom. The first-order chi connectivity index (χ1) is 8.08. The van der Waals surface area contributed by atoms with Gasteiger partial charge in [-0.3, -0.25) is 0 Å². The molecule has 2 rings (SSSR count). The standard InChI is InChI=1S/C12H17N3O2.ClH/c1-8-5-10(12(16)17)6-14-11(8)15-4-3-13-9(2)7-15;/h5-6,9,13H,3-4,7H2,1-2H3,(H,16,17);1H/t9-;/m1./s1. The molecule has 1 aliphatic heterocycles. The van der Waals surface area contributed by atoms with Crippen LogP contribution >= 0.6 is 12.4 Å². The molecule has 0 aromatic carbocycles. The van der Waals surface area contributed by atoms with E-state index < -0.39 is 5.97 Å². The third-order valence-electron chi connectivity index (χ3n) is 2.97. The van der Waals surface area contributed by atoms with Crippen molar-refractivity contribution in [2.45, 2.75) is 19.9 Å².